The topological polar surface area (TPSA) is 81.7 Å². The number of benzene rings is 1. The van der Waals surface area contributed by atoms with Crippen LogP contribution in [0.5, 0.6) is 0 Å². The predicted octanol–water partition coefficient (Wildman–Crippen LogP) is 1.64. The molecule has 0 radical (unpaired) electrons. The molecule has 0 aliphatic heterocycles. The quantitative estimate of drug-likeness (QED) is 0.741. The van der Waals surface area contributed by atoms with Gasteiger partial charge in [-0.2, -0.15) is 10.5 Å². The van der Waals surface area contributed by atoms with Gasteiger partial charge in [-0.15, -0.1) is 0 Å². The highest BCUT2D eigenvalue weighted by Crippen LogP contribution is 2.13. The second-order valence-corrected chi connectivity index (χ2v) is 5.33. The minimum absolute atomic E-state index is 0.0353. The van der Waals surface area contributed by atoms with Crippen LogP contribution < -0.4 is 0 Å². The first-order chi connectivity index (χ1) is 7.60. The number of hydrogen-bond acceptors (Lipinski definition) is 4. The number of nitriles is 2. The van der Waals surface area contributed by atoms with Crippen LogP contribution in [0.2, 0.25) is 0 Å². The molecule has 0 amide bonds. The van der Waals surface area contributed by atoms with E-state index in [2.05, 4.69) is 0 Å². The van der Waals surface area contributed by atoms with Crippen molar-refractivity contribution in [2.45, 2.75) is 17.7 Å². The van der Waals surface area contributed by atoms with E-state index in [1.807, 2.05) is 12.1 Å². The van der Waals surface area contributed by atoms with Crippen molar-refractivity contribution in [3.05, 3.63) is 29.8 Å². The summed E-state index contributed by atoms with van der Waals surface area (Å²) in [5.41, 5.74) is 0.427. The zero-order chi connectivity index (χ0) is 12.0. The average Bonchev–Trinajstić information content (AvgIpc) is 2.29. The lowest BCUT2D eigenvalue weighted by molar-refractivity contribution is 0.593. The molecule has 82 valence electrons. The van der Waals surface area contributed by atoms with E-state index < -0.39 is 9.84 Å². The van der Waals surface area contributed by atoms with Crippen LogP contribution in [0.15, 0.2) is 29.2 Å². The Morgan fingerprint density at radius 3 is 2.25 bits per heavy atom. The van der Waals surface area contributed by atoms with E-state index in [-0.39, 0.29) is 17.1 Å². The Morgan fingerprint density at radius 1 is 1.12 bits per heavy atom. The molecule has 0 aliphatic rings. The summed E-state index contributed by atoms with van der Waals surface area (Å²) in [6, 6.07) is 9.60. The van der Waals surface area contributed by atoms with E-state index in [1.54, 1.807) is 0 Å². The summed E-state index contributed by atoms with van der Waals surface area (Å²) in [5.74, 6) is -0.0353. The lowest BCUT2D eigenvalue weighted by atomic mass is 10.2. The van der Waals surface area contributed by atoms with E-state index in [9.17, 15) is 8.42 Å². The maximum atomic E-state index is 11.7. The maximum Gasteiger partial charge on any atom is 0.178 e. The first-order valence-electron chi connectivity index (χ1n) is 4.70. The normalized spacial score (nSPS) is 10.4. The van der Waals surface area contributed by atoms with Crippen molar-refractivity contribution in [2.75, 3.05) is 5.75 Å². The molecule has 5 heteroatoms. The second kappa shape index (κ2) is 5.29. The third-order valence-electron chi connectivity index (χ3n) is 2.04. The van der Waals surface area contributed by atoms with Gasteiger partial charge in [0.15, 0.2) is 9.84 Å². The van der Waals surface area contributed by atoms with Gasteiger partial charge in [0.1, 0.15) is 0 Å². The maximum absolute atomic E-state index is 11.7. The molecule has 0 aliphatic carbocycles. The van der Waals surface area contributed by atoms with Crippen molar-refractivity contribution in [1.82, 2.24) is 0 Å². The number of unbranched alkanes of at least 4 members (excludes halogenated alkanes) is 1. The SMILES string of the molecule is N#CCCCS(=O)(=O)c1ccc(C#N)cc1. The Hall–Kier alpha value is -1.85. The first-order valence-corrected chi connectivity index (χ1v) is 6.35. The lowest BCUT2D eigenvalue weighted by Gasteiger charge is -2.02. The van der Waals surface area contributed by atoms with Gasteiger partial charge >= 0.3 is 0 Å². The number of nitrogens with zero attached hydrogens (tertiary/aromatic N) is 2. The van der Waals surface area contributed by atoms with Crippen LogP contribution in [0.3, 0.4) is 0 Å². The zero-order valence-electron chi connectivity index (χ0n) is 8.55. The smallest absolute Gasteiger partial charge is 0.178 e. The average molecular weight is 234 g/mol. The van der Waals surface area contributed by atoms with Crippen LogP contribution >= 0.6 is 0 Å². The van der Waals surface area contributed by atoms with Crippen LogP contribution in [0.4, 0.5) is 0 Å². The Morgan fingerprint density at radius 2 is 1.75 bits per heavy atom. The molecule has 1 aromatic rings. The molecule has 0 fully saturated rings. The molecule has 16 heavy (non-hydrogen) atoms. The highest BCUT2D eigenvalue weighted by Gasteiger charge is 2.13. The van der Waals surface area contributed by atoms with Crippen LogP contribution in [0, 0.1) is 22.7 Å². The third kappa shape index (κ3) is 3.08. The number of hydrogen-bond donors (Lipinski definition) is 0. The summed E-state index contributed by atoms with van der Waals surface area (Å²) >= 11 is 0. The molecule has 0 spiro atoms. The third-order valence-corrected chi connectivity index (χ3v) is 3.86. The van der Waals surface area contributed by atoms with E-state index >= 15 is 0 Å². The molecule has 1 rings (SSSR count). The van der Waals surface area contributed by atoms with Gasteiger partial charge in [-0.3, -0.25) is 0 Å². The fourth-order valence-electron chi connectivity index (χ4n) is 1.20. The summed E-state index contributed by atoms with van der Waals surface area (Å²) in [6.07, 6.45) is 0.564. The Bertz CT molecular complexity index is 533. The van der Waals surface area contributed by atoms with E-state index in [0.29, 0.717) is 12.0 Å². The van der Waals surface area contributed by atoms with Crippen molar-refractivity contribution in [3.8, 4) is 12.1 Å². The van der Waals surface area contributed by atoms with Crippen LogP contribution in [0.1, 0.15) is 18.4 Å². The number of rotatable bonds is 4. The molecule has 0 bridgehead atoms. The highest BCUT2D eigenvalue weighted by atomic mass is 32.2. The van der Waals surface area contributed by atoms with Gasteiger partial charge in [-0.25, -0.2) is 8.42 Å². The minimum atomic E-state index is -3.32. The summed E-state index contributed by atoms with van der Waals surface area (Å²) in [4.78, 5) is 0.199. The Labute approximate surface area is 94.7 Å². The fraction of sp³-hybridized carbons (Fsp3) is 0.273. The van der Waals surface area contributed by atoms with Gasteiger partial charge in [0.25, 0.3) is 0 Å². The van der Waals surface area contributed by atoms with Crippen molar-refractivity contribution >= 4 is 9.84 Å². The van der Waals surface area contributed by atoms with Crippen LogP contribution in [-0.2, 0) is 9.84 Å². The molecule has 0 unspecified atom stereocenters. The van der Waals surface area contributed by atoms with Crippen molar-refractivity contribution < 1.29 is 8.42 Å². The monoisotopic (exact) mass is 234 g/mol. The largest absolute Gasteiger partial charge is 0.224 e. The van der Waals surface area contributed by atoms with Gasteiger partial charge in [-0.05, 0) is 30.7 Å². The Kier molecular flexibility index (Phi) is 4.04. The summed E-state index contributed by atoms with van der Waals surface area (Å²) < 4.78 is 23.4. The van der Waals surface area contributed by atoms with Gasteiger partial charge in [0.05, 0.1) is 28.4 Å². The molecule has 0 aromatic heterocycles. The van der Waals surface area contributed by atoms with Gasteiger partial charge in [-0.1, -0.05) is 0 Å². The van der Waals surface area contributed by atoms with Crippen LogP contribution in [0.25, 0.3) is 0 Å². The minimum Gasteiger partial charge on any atom is -0.224 e. The molecule has 0 N–H and O–H groups in total. The van der Waals surface area contributed by atoms with E-state index in [0.717, 1.165) is 0 Å². The fourth-order valence-corrected chi connectivity index (χ4v) is 2.51. The van der Waals surface area contributed by atoms with Crippen LogP contribution in [-0.4, -0.2) is 14.2 Å². The van der Waals surface area contributed by atoms with Crippen molar-refractivity contribution in [2.24, 2.45) is 0 Å². The molecule has 4 nitrogen and oxygen atoms in total. The molecule has 0 saturated carbocycles. The molecule has 0 saturated heterocycles. The van der Waals surface area contributed by atoms with Gasteiger partial charge < -0.3 is 0 Å². The predicted molar refractivity (Wildman–Crippen MR) is 58.1 cm³/mol. The van der Waals surface area contributed by atoms with Crippen molar-refractivity contribution in [1.29, 1.82) is 10.5 Å². The van der Waals surface area contributed by atoms with E-state index in [1.165, 1.54) is 24.3 Å². The highest BCUT2D eigenvalue weighted by molar-refractivity contribution is 7.91. The first kappa shape index (κ1) is 12.2. The van der Waals surface area contributed by atoms with Gasteiger partial charge in [0.2, 0.25) is 0 Å². The molecule has 1 aromatic carbocycles. The van der Waals surface area contributed by atoms with Crippen molar-refractivity contribution in [3.63, 3.8) is 0 Å². The summed E-state index contributed by atoms with van der Waals surface area (Å²) in [6.45, 7) is 0. The second-order valence-electron chi connectivity index (χ2n) is 3.22. The molecular weight excluding hydrogens is 224 g/mol. The summed E-state index contributed by atoms with van der Waals surface area (Å²) in [7, 11) is -3.32. The Balaban J connectivity index is 2.83. The standard InChI is InChI=1S/C11H10N2O2S/c12-7-1-2-8-16(14,15)11-5-3-10(9-13)4-6-11/h3-6H,1-2,8H2. The lowest BCUT2D eigenvalue weighted by Crippen LogP contribution is -2.06. The molecule has 0 heterocycles. The van der Waals surface area contributed by atoms with Gasteiger partial charge in [0, 0.05) is 6.42 Å². The van der Waals surface area contributed by atoms with E-state index in [4.69, 9.17) is 10.5 Å². The zero-order valence-corrected chi connectivity index (χ0v) is 9.37. The molecular formula is C11H10N2O2S. The number of sulfone groups is 1. The molecule has 0 atom stereocenters. The summed E-state index contributed by atoms with van der Waals surface area (Å²) in [5, 5.41) is 16.9.